The first-order valence-corrected chi connectivity index (χ1v) is 8.37. The Morgan fingerprint density at radius 2 is 2.17 bits per heavy atom. The van der Waals surface area contributed by atoms with Gasteiger partial charge in [0.25, 0.3) is 5.91 Å². The third kappa shape index (κ3) is 3.32. The van der Waals surface area contributed by atoms with Gasteiger partial charge in [-0.25, -0.2) is 4.39 Å². The molecule has 1 aromatic carbocycles. The monoisotopic (exact) mass is 348 g/mol. The summed E-state index contributed by atoms with van der Waals surface area (Å²) >= 11 is 1.53. The molecule has 1 saturated heterocycles. The maximum atomic E-state index is 14.2. The molecule has 1 aliphatic rings. The van der Waals surface area contributed by atoms with E-state index in [1.54, 1.807) is 25.2 Å². The molecule has 2 heterocycles. The molecule has 7 heteroatoms. The van der Waals surface area contributed by atoms with Gasteiger partial charge in [0, 0.05) is 17.5 Å². The molecular weight excluding hydrogens is 331 g/mol. The molecule has 126 valence electrons. The Labute approximate surface area is 143 Å². The Morgan fingerprint density at radius 1 is 1.38 bits per heavy atom. The lowest BCUT2D eigenvalue weighted by Gasteiger charge is -2.38. The first kappa shape index (κ1) is 16.6. The van der Waals surface area contributed by atoms with Crippen molar-refractivity contribution >= 4 is 23.2 Å². The summed E-state index contributed by atoms with van der Waals surface area (Å²) in [5.41, 5.74) is 0.268. The molecular formula is C17H17FN2O3S. The van der Waals surface area contributed by atoms with Crippen molar-refractivity contribution in [1.82, 2.24) is 10.2 Å². The van der Waals surface area contributed by atoms with Crippen molar-refractivity contribution in [1.29, 1.82) is 0 Å². The molecule has 0 aliphatic carbocycles. The molecule has 5 nitrogen and oxygen atoms in total. The molecule has 0 spiro atoms. The van der Waals surface area contributed by atoms with Crippen LogP contribution in [0.25, 0.3) is 0 Å². The smallest absolute Gasteiger partial charge is 0.251 e. The molecule has 0 radical (unpaired) electrons. The Balaban J connectivity index is 1.82. The highest BCUT2D eigenvalue weighted by Crippen LogP contribution is 2.30. The van der Waals surface area contributed by atoms with Crippen LogP contribution in [0.1, 0.15) is 16.5 Å². The van der Waals surface area contributed by atoms with E-state index in [4.69, 9.17) is 4.74 Å². The fourth-order valence-electron chi connectivity index (χ4n) is 2.71. The third-order valence-corrected chi connectivity index (χ3v) is 4.86. The van der Waals surface area contributed by atoms with E-state index in [2.05, 4.69) is 5.32 Å². The summed E-state index contributed by atoms with van der Waals surface area (Å²) in [5.74, 6) is -1.12. The van der Waals surface area contributed by atoms with Crippen LogP contribution in [-0.4, -0.2) is 36.5 Å². The van der Waals surface area contributed by atoms with E-state index in [1.165, 1.54) is 22.3 Å². The van der Waals surface area contributed by atoms with Crippen LogP contribution < -0.4 is 5.32 Å². The maximum Gasteiger partial charge on any atom is 0.251 e. The van der Waals surface area contributed by atoms with E-state index in [9.17, 15) is 14.0 Å². The predicted octanol–water partition coefficient (Wildman–Crippen LogP) is 2.10. The molecule has 0 bridgehead atoms. The zero-order chi connectivity index (χ0) is 17.1. The van der Waals surface area contributed by atoms with Crippen molar-refractivity contribution in [3.63, 3.8) is 0 Å². The summed E-state index contributed by atoms with van der Waals surface area (Å²) in [5, 5.41) is 4.72. The predicted molar refractivity (Wildman–Crippen MR) is 87.8 cm³/mol. The Hall–Kier alpha value is -2.25. The second-order valence-electron chi connectivity index (χ2n) is 5.50. The average Bonchev–Trinajstić information content (AvgIpc) is 3.09. The molecule has 24 heavy (non-hydrogen) atoms. The minimum absolute atomic E-state index is 0.196. The van der Waals surface area contributed by atoms with Crippen LogP contribution in [-0.2, 0) is 20.9 Å². The molecule has 1 aromatic heterocycles. The number of hydrogen-bond acceptors (Lipinski definition) is 4. The van der Waals surface area contributed by atoms with Crippen LogP contribution in [0.2, 0.25) is 0 Å². The summed E-state index contributed by atoms with van der Waals surface area (Å²) in [6.07, 6.45) is -0.954. The molecule has 0 saturated carbocycles. The zero-order valence-corrected chi connectivity index (χ0v) is 13.9. The van der Waals surface area contributed by atoms with Crippen LogP contribution in [0.4, 0.5) is 4.39 Å². The molecule has 2 atom stereocenters. The third-order valence-electron chi connectivity index (χ3n) is 3.98. The fraction of sp³-hybridized carbons (Fsp3) is 0.294. The van der Waals surface area contributed by atoms with Crippen LogP contribution in [0.3, 0.4) is 0 Å². The van der Waals surface area contributed by atoms with Crippen molar-refractivity contribution in [2.45, 2.75) is 18.7 Å². The van der Waals surface area contributed by atoms with Gasteiger partial charge in [-0.3, -0.25) is 9.59 Å². The average molecular weight is 348 g/mol. The van der Waals surface area contributed by atoms with Gasteiger partial charge >= 0.3 is 0 Å². The number of nitrogens with zero attached hydrogens (tertiary/aromatic N) is 1. The number of ether oxygens (including phenoxy) is 1. The lowest BCUT2D eigenvalue weighted by molar-refractivity contribution is -0.162. The number of hydrogen-bond donors (Lipinski definition) is 1. The van der Waals surface area contributed by atoms with Crippen LogP contribution in [0, 0.1) is 5.82 Å². The number of halogens is 1. The normalized spacial score (nSPS) is 20.9. The summed E-state index contributed by atoms with van der Waals surface area (Å²) in [6, 6.07) is 9.13. The van der Waals surface area contributed by atoms with Gasteiger partial charge in [0.1, 0.15) is 12.4 Å². The number of carbonyl (C=O) groups excluding carboxylic acids is 2. The Morgan fingerprint density at radius 3 is 2.88 bits per heavy atom. The summed E-state index contributed by atoms with van der Waals surface area (Å²) in [4.78, 5) is 26.9. The number of carbonyl (C=O) groups is 2. The van der Waals surface area contributed by atoms with Gasteiger partial charge in [-0.05, 0) is 17.5 Å². The minimum atomic E-state index is -0.954. The van der Waals surface area contributed by atoms with Gasteiger partial charge in [-0.2, -0.15) is 0 Å². The van der Waals surface area contributed by atoms with E-state index in [1.807, 2.05) is 17.5 Å². The van der Waals surface area contributed by atoms with Gasteiger partial charge in [0.15, 0.2) is 6.10 Å². The molecule has 1 fully saturated rings. The summed E-state index contributed by atoms with van der Waals surface area (Å²) in [7, 11) is 1.56. The molecule has 2 amide bonds. The van der Waals surface area contributed by atoms with Gasteiger partial charge in [0.05, 0.1) is 12.6 Å². The Bertz CT molecular complexity index is 735. The number of benzene rings is 1. The van der Waals surface area contributed by atoms with E-state index in [-0.39, 0.29) is 24.0 Å². The van der Waals surface area contributed by atoms with Crippen LogP contribution >= 0.6 is 11.3 Å². The van der Waals surface area contributed by atoms with E-state index >= 15 is 0 Å². The highest BCUT2D eigenvalue weighted by Gasteiger charge is 2.41. The van der Waals surface area contributed by atoms with Crippen LogP contribution in [0.15, 0.2) is 41.8 Å². The molecule has 1 N–H and O–H groups in total. The van der Waals surface area contributed by atoms with Crippen LogP contribution in [0.5, 0.6) is 0 Å². The molecule has 2 aromatic rings. The number of nitrogens with one attached hydrogen (secondary N) is 1. The number of morpholine rings is 1. The number of likely N-dealkylation sites (N-methyl/N-ethyl adjacent to an activating group) is 1. The zero-order valence-electron chi connectivity index (χ0n) is 13.1. The largest absolute Gasteiger partial charge is 0.356 e. The second-order valence-corrected chi connectivity index (χ2v) is 6.53. The van der Waals surface area contributed by atoms with Gasteiger partial charge < -0.3 is 15.0 Å². The molecule has 2 unspecified atom stereocenters. The van der Waals surface area contributed by atoms with Gasteiger partial charge in [0.2, 0.25) is 5.91 Å². The lowest BCUT2D eigenvalue weighted by Crippen LogP contribution is -2.53. The van der Waals surface area contributed by atoms with E-state index in [0.29, 0.717) is 6.54 Å². The second kappa shape index (κ2) is 7.11. The maximum absolute atomic E-state index is 14.2. The first-order valence-electron chi connectivity index (χ1n) is 7.49. The van der Waals surface area contributed by atoms with E-state index in [0.717, 1.165) is 4.88 Å². The highest BCUT2D eigenvalue weighted by atomic mass is 32.1. The van der Waals surface area contributed by atoms with Gasteiger partial charge in [-0.1, -0.05) is 24.3 Å². The summed E-state index contributed by atoms with van der Waals surface area (Å²) < 4.78 is 19.6. The molecule has 1 aliphatic heterocycles. The number of rotatable bonds is 4. The highest BCUT2D eigenvalue weighted by molar-refractivity contribution is 7.09. The standard InChI is InChI=1S/C17H17FN2O3S/c1-20-14(21)10-23-16(15(20)12-6-2-3-7-13(12)18)17(22)19-9-11-5-4-8-24-11/h2-8,15-16H,9-10H2,1H3,(H,19,22). The summed E-state index contributed by atoms with van der Waals surface area (Å²) in [6.45, 7) is 0.177. The number of amides is 2. The molecule has 3 rings (SSSR count). The number of thiophene rings is 1. The lowest BCUT2D eigenvalue weighted by atomic mass is 9.97. The first-order chi connectivity index (χ1) is 11.6. The van der Waals surface area contributed by atoms with Gasteiger partial charge in [-0.15, -0.1) is 11.3 Å². The van der Waals surface area contributed by atoms with Crippen molar-refractivity contribution < 1.29 is 18.7 Å². The minimum Gasteiger partial charge on any atom is -0.356 e. The SMILES string of the molecule is CN1C(=O)COC(C(=O)NCc2cccs2)C1c1ccccc1F. The van der Waals surface area contributed by atoms with Crippen molar-refractivity contribution in [3.05, 3.63) is 58.0 Å². The Kier molecular flexibility index (Phi) is 4.92. The van der Waals surface area contributed by atoms with Crippen molar-refractivity contribution in [2.24, 2.45) is 0 Å². The van der Waals surface area contributed by atoms with E-state index < -0.39 is 18.0 Å². The quantitative estimate of drug-likeness (QED) is 0.921. The fourth-order valence-corrected chi connectivity index (χ4v) is 3.35. The van der Waals surface area contributed by atoms with Crippen molar-refractivity contribution in [2.75, 3.05) is 13.7 Å². The van der Waals surface area contributed by atoms with Crippen molar-refractivity contribution in [3.8, 4) is 0 Å². The topological polar surface area (TPSA) is 58.6 Å².